The molecule has 0 fully saturated rings. The van der Waals surface area contributed by atoms with Gasteiger partial charge < -0.3 is 14.6 Å². The topological polar surface area (TPSA) is 98.6 Å². The molecule has 7 heteroatoms. The summed E-state index contributed by atoms with van der Waals surface area (Å²) in [5.41, 5.74) is 4.05. The van der Waals surface area contributed by atoms with Gasteiger partial charge in [0.2, 0.25) is 0 Å². The van der Waals surface area contributed by atoms with Crippen LogP contribution in [0.1, 0.15) is 75.2 Å². The monoisotopic (exact) mass is 594 g/mol. The lowest BCUT2D eigenvalue weighted by Gasteiger charge is -2.13. The Kier molecular flexibility index (Phi) is 12.0. The molecule has 1 atom stereocenters. The third-order valence-electron chi connectivity index (χ3n) is 7.38. The Morgan fingerprint density at radius 3 is 1.98 bits per heavy atom. The number of rotatable bonds is 17. The van der Waals surface area contributed by atoms with Crippen LogP contribution < -0.4 is 9.47 Å². The summed E-state index contributed by atoms with van der Waals surface area (Å²) in [5, 5.41) is 9.82. The Hall–Kier alpha value is -4.52. The Morgan fingerprint density at radius 1 is 0.750 bits per heavy atom. The number of carbonyl (C=O) groups is 2. The Bertz CT molecular complexity index is 1460. The zero-order chi connectivity index (χ0) is 31.3. The van der Waals surface area contributed by atoms with Gasteiger partial charge in [0.15, 0.2) is 11.6 Å². The Morgan fingerprint density at radius 2 is 1.36 bits per heavy atom. The molecular weight excluding hydrogens is 552 g/mol. The number of ketones is 1. The number of carboxylic acid groups (broad SMARTS) is 1. The summed E-state index contributed by atoms with van der Waals surface area (Å²) >= 11 is 0. The summed E-state index contributed by atoms with van der Waals surface area (Å²) in [7, 11) is 0. The molecule has 0 aliphatic heterocycles. The maximum atomic E-state index is 12.8. The second kappa shape index (κ2) is 16.4. The Balaban J connectivity index is 1.31. The SMILES string of the molecule is CCCCCCCOc1ccc(-c2cnc(-c3ccc(C[C@H](CC(=O)c4ccc(OC(C)C)cc4)C(=O)O)cc3)nc2)cc1. The number of aliphatic carboxylic acids is 1. The molecule has 0 amide bonds. The van der Waals surface area contributed by atoms with Crippen LogP contribution in [0.25, 0.3) is 22.5 Å². The van der Waals surface area contributed by atoms with E-state index in [0.717, 1.165) is 41.0 Å². The number of ether oxygens (including phenoxy) is 2. The van der Waals surface area contributed by atoms with Gasteiger partial charge in [0.25, 0.3) is 0 Å². The van der Waals surface area contributed by atoms with Crippen molar-refractivity contribution in [3.05, 3.63) is 96.3 Å². The molecular formula is C37H42N2O5. The van der Waals surface area contributed by atoms with E-state index in [0.29, 0.717) is 17.1 Å². The maximum absolute atomic E-state index is 12.8. The molecule has 0 radical (unpaired) electrons. The first-order chi connectivity index (χ1) is 21.3. The second-order valence-electron chi connectivity index (χ2n) is 11.3. The lowest BCUT2D eigenvalue weighted by Crippen LogP contribution is -2.20. The van der Waals surface area contributed by atoms with Gasteiger partial charge in [0, 0.05) is 35.5 Å². The lowest BCUT2D eigenvalue weighted by atomic mass is 9.92. The standard InChI is InChI=1S/C37H42N2O5/c1-4-5-6-7-8-21-43-33-17-13-28(14-18-33)32-24-38-36(39-25-32)30-11-9-27(10-12-30)22-31(37(41)42)23-35(40)29-15-19-34(20-16-29)44-26(2)3/h9-20,24-26,31H,4-8,21-23H2,1-3H3,(H,41,42)/t31-/m1/s1. The molecule has 0 saturated carbocycles. The first-order valence-electron chi connectivity index (χ1n) is 15.5. The van der Waals surface area contributed by atoms with Crippen LogP contribution in [0.5, 0.6) is 11.5 Å². The van der Waals surface area contributed by atoms with Crippen molar-refractivity contribution in [3.63, 3.8) is 0 Å². The molecule has 230 valence electrons. The minimum Gasteiger partial charge on any atom is -0.494 e. The molecule has 0 saturated heterocycles. The van der Waals surface area contributed by atoms with E-state index in [-0.39, 0.29) is 24.7 Å². The molecule has 0 unspecified atom stereocenters. The highest BCUT2D eigenvalue weighted by Crippen LogP contribution is 2.25. The van der Waals surface area contributed by atoms with Gasteiger partial charge in [-0.05, 0) is 74.2 Å². The fourth-order valence-electron chi connectivity index (χ4n) is 4.92. The number of aromatic nitrogens is 2. The predicted molar refractivity (Wildman–Crippen MR) is 173 cm³/mol. The van der Waals surface area contributed by atoms with Crippen molar-refractivity contribution in [3.8, 4) is 34.0 Å². The van der Waals surface area contributed by atoms with Crippen molar-refractivity contribution in [2.24, 2.45) is 5.92 Å². The van der Waals surface area contributed by atoms with E-state index in [1.165, 1.54) is 25.7 Å². The summed E-state index contributed by atoms with van der Waals surface area (Å²) in [6.45, 7) is 6.81. The summed E-state index contributed by atoms with van der Waals surface area (Å²) < 4.78 is 11.5. The molecule has 4 aromatic rings. The molecule has 0 aliphatic rings. The van der Waals surface area contributed by atoms with E-state index in [4.69, 9.17) is 9.47 Å². The zero-order valence-corrected chi connectivity index (χ0v) is 25.9. The summed E-state index contributed by atoms with van der Waals surface area (Å²) in [6, 6.07) is 22.3. The fourth-order valence-corrected chi connectivity index (χ4v) is 4.92. The van der Waals surface area contributed by atoms with Crippen molar-refractivity contribution >= 4 is 11.8 Å². The molecule has 1 heterocycles. The molecule has 3 aromatic carbocycles. The van der Waals surface area contributed by atoms with Crippen LogP contribution >= 0.6 is 0 Å². The molecule has 0 spiro atoms. The van der Waals surface area contributed by atoms with Gasteiger partial charge in [0.05, 0.1) is 18.6 Å². The number of hydrogen-bond donors (Lipinski definition) is 1. The van der Waals surface area contributed by atoms with Gasteiger partial charge in [0.1, 0.15) is 11.5 Å². The number of nitrogens with zero attached hydrogens (tertiary/aromatic N) is 2. The van der Waals surface area contributed by atoms with Crippen LogP contribution in [0.15, 0.2) is 85.2 Å². The highest BCUT2D eigenvalue weighted by molar-refractivity contribution is 5.98. The van der Waals surface area contributed by atoms with Gasteiger partial charge in [-0.25, -0.2) is 9.97 Å². The van der Waals surface area contributed by atoms with Crippen LogP contribution in [0, 0.1) is 5.92 Å². The molecule has 44 heavy (non-hydrogen) atoms. The number of carboxylic acids is 1. The van der Waals surface area contributed by atoms with Crippen molar-refractivity contribution < 1.29 is 24.2 Å². The quantitative estimate of drug-likeness (QED) is 0.0967. The maximum Gasteiger partial charge on any atom is 0.307 e. The van der Waals surface area contributed by atoms with E-state index in [1.807, 2.05) is 62.4 Å². The van der Waals surface area contributed by atoms with Crippen molar-refractivity contribution in [1.82, 2.24) is 9.97 Å². The number of carbonyl (C=O) groups excluding carboxylic acids is 1. The second-order valence-corrected chi connectivity index (χ2v) is 11.3. The minimum atomic E-state index is -0.997. The largest absolute Gasteiger partial charge is 0.494 e. The van der Waals surface area contributed by atoms with Crippen molar-refractivity contribution in [2.45, 2.75) is 71.8 Å². The van der Waals surface area contributed by atoms with Crippen LogP contribution in [-0.4, -0.2) is 39.5 Å². The van der Waals surface area contributed by atoms with E-state index in [1.54, 1.807) is 36.7 Å². The minimum absolute atomic E-state index is 0.0310. The number of Topliss-reactive ketones (excluding diaryl/α,β-unsaturated/α-hetero) is 1. The third-order valence-corrected chi connectivity index (χ3v) is 7.38. The summed E-state index contributed by atoms with van der Waals surface area (Å²) in [4.78, 5) is 33.9. The highest BCUT2D eigenvalue weighted by atomic mass is 16.5. The molecule has 7 nitrogen and oxygen atoms in total. The average Bonchev–Trinajstić information content (AvgIpc) is 3.03. The van der Waals surface area contributed by atoms with Crippen LogP contribution in [0.3, 0.4) is 0 Å². The van der Waals surface area contributed by atoms with Crippen LogP contribution in [0.2, 0.25) is 0 Å². The van der Waals surface area contributed by atoms with Gasteiger partial charge in [-0.3, -0.25) is 9.59 Å². The van der Waals surface area contributed by atoms with E-state index in [2.05, 4.69) is 16.9 Å². The van der Waals surface area contributed by atoms with Crippen molar-refractivity contribution in [2.75, 3.05) is 6.61 Å². The molecule has 1 aromatic heterocycles. The molecule has 1 N–H and O–H groups in total. The predicted octanol–water partition coefficient (Wildman–Crippen LogP) is 8.46. The first kappa shape index (κ1) is 32.4. The van der Waals surface area contributed by atoms with Crippen LogP contribution in [-0.2, 0) is 11.2 Å². The van der Waals surface area contributed by atoms with Gasteiger partial charge in [-0.1, -0.05) is 69.0 Å². The van der Waals surface area contributed by atoms with E-state index >= 15 is 0 Å². The zero-order valence-electron chi connectivity index (χ0n) is 25.9. The lowest BCUT2D eigenvalue weighted by molar-refractivity contribution is -0.141. The third kappa shape index (κ3) is 9.76. The van der Waals surface area contributed by atoms with Crippen molar-refractivity contribution in [1.29, 1.82) is 0 Å². The number of hydrogen-bond acceptors (Lipinski definition) is 6. The first-order valence-corrected chi connectivity index (χ1v) is 15.5. The normalized spacial score (nSPS) is 11.7. The Labute approximate surface area is 260 Å². The average molecular weight is 595 g/mol. The summed E-state index contributed by atoms with van der Waals surface area (Å²) in [6.07, 6.45) is 9.85. The fraction of sp³-hybridized carbons (Fsp3) is 0.351. The number of unbranched alkanes of at least 4 members (excludes halogenated alkanes) is 4. The van der Waals surface area contributed by atoms with Gasteiger partial charge in [-0.2, -0.15) is 0 Å². The van der Waals surface area contributed by atoms with E-state index in [9.17, 15) is 14.7 Å². The highest BCUT2D eigenvalue weighted by Gasteiger charge is 2.23. The molecule has 4 rings (SSSR count). The van der Waals surface area contributed by atoms with E-state index < -0.39 is 11.9 Å². The van der Waals surface area contributed by atoms with Crippen LogP contribution in [0.4, 0.5) is 0 Å². The molecule has 0 aliphatic carbocycles. The van der Waals surface area contributed by atoms with Gasteiger partial charge >= 0.3 is 5.97 Å². The smallest absolute Gasteiger partial charge is 0.307 e. The summed E-state index contributed by atoms with van der Waals surface area (Å²) in [5.74, 6) is 0.0769. The number of benzene rings is 3. The van der Waals surface area contributed by atoms with Gasteiger partial charge in [-0.15, -0.1) is 0 Å². The molecule has 0 bridgehead atoms.